The minimum atomic E-state index is -0.138. The summed E-state index contributed by atoms with van der Waals surface area (Å²) in [7, 11) is 1.56. The topological polar surface area (TPSA) is 55.6 Å². The summed E-state index contributed by atoms with van der Waals surface area (Å²) < 4.78 is 9.93. The van der Waals surface area contributed by atoms with Crippen LogP contribution in [0.25, 0.3) is 0 Å². The second kappa shape index (κ2) is 7.38. The van der Waals surface area contributed by atoms with E-state index in [0.717, 1.165) is 6.42 Å². The average molecular weight is 275 g/mol. The third-order valence-corrected chi connectivity index (χ3v) is 2.75. The Kier molecular flexibility index (Phi) is 6.15. The number of aromatic nitrogens is 1. The maximum atomic E-state index is 12.2. The van der Waals surface area contributed by atoms with Gasteiger partial charge in [-0.3, -0.25) is 4.79 Å². The van der Waals surface area contributed by atoms with Crippen molar-refractivity contribution in [1.82, 2.24) is 10.1 Å². The summed E-state index contributed by atoms with van der Waals surface area (Å²) >= 11 is 5.66. The van der Waals surface area contributed by atoms with Crippen LogP contribution >= 0.6 is 11.6 Å². The van der Waals surface area contributed by atoms with Crippen LogP contribution in [-0.2, 0) is 11.3 Å². The number of nitrogens with zero attached hydrogens (tertiary/aromatic N) is 2. The van der Waals surface area contributed by atoms with E-state index in [-0.39, 0.29) is 11.9 Å². The molecule has 0 aliphatic carbocycles. The lowest BCUT2D eigenvalue weighted by Gasteiger charge is -2.25. The Morgan fingerprint density at radius 2 is 2.33 bits per heavy atom. The number of halogens is 1. The third kappa shape index (κ3) is 3.99. The number of rotatable bonds is 7. The van der Waals surface area contributed by atoms with Gasteiger partial charge in [0.15, 0.2) is 11.5 Å². The van der Waals surface area contributed by atoms with E-state index in [1.807, 2.05) is 13.8 Å². The van der Waals surface area contributed by atoms with Gasteiger partial charge in [-0.15, -0.1) is 11.6 Å². The fraction of sp³-hybridized carbons (Fsp3) is 0.667. The van der Waals surface area contributed by atoms with Gasteiger partial charge < -0.3 is 14.2 Å². The van der Waals surface area contributed by atoms with Gasteiger partial charge >= 0.3 is 0 Å². The van der Waals surface area contributed by atoms with Crippen molar-refractivity contribution < 1.29 is 14.1 Å². The largest absolute Gasteiger partial charge is 0.377 e. The van der Waals surface area contributed by atoms with Crippen LogP contribution in [0, 0.1) is 0 Å². The molecule has 0 radical (unpaired) electrons. The number of hydrogen-bond acceptors (Lipinski definition) is 4. The lowest BCUT2D eigenvalue weighted by Crippen LogP contribution is -2.38. The van der Waals surface area contributed by atoms with E-state index in [4.69, 9.17) is 20.9 Å². The number of amides is 1. The minimum absolute atomic E-state index is 0.100. The molecule has 1 heterocycles. The molecule has 1 rings (SSSR count). The van der Waals surface area contributed by atoms with Crippen molar-refractivity contribution in [3.8, 4) is 0 Å². The molecule has 0 saturated carbocycles. The van der Waals surface area contributed by atoms with Gasteiger partial charge in [0.25, 0.3) is 5.91 Å². The summed E-state index contributed by atoms with van der Waals surface area (Å²) in [6.45, 7) is 4.85. The number of carbonyl (C=O) groups is 1. The second-order valence-electron chi connectivity index (χ2n) is 4.25. The van der Waals surface area contributed by atoms with Gasteiger partial charge in [-0.25, -0.2) is 0 Å². The Morgan fingerprint density at radius 1 is 1.61 bits per heavy atom. The Hall–Kier alpha value is -1.07. The molecule has 0 atom stereocenters. The predicted octanol–water partition coefficient (Wildman–Crippen LogP) is 2.30. The SMILES string of the molecule is COCc1cc(C(=O)N(CCCCl)C(C)C)no1. The maximum Gasteiger partial charge on any atom is 0.276 e. The molecule has 0 spiro atoms. The van der Waals surface area contributed by atoms with E-state index in [1.165, 1.54) is 0 Å². The molecule has 1 aromatic heterocycles. The van der Waals surface area contributed by atoms with Gasteiger partial charge in [-0.2, -0.15) is 0 Å². The van der Waals surface area contributed by atoms with Crippen LogP contribution in [0.3, 0.4) is 0 Å². The summed E-state index contributed by atoms with van der Waals surface area (Å²) in [5.41, 5.74) is 0.310. The Balaban J connectivity index is 2.74. The molecule has 0 fully saturated rings. The molecule has 0 unspecified atom stereocenters. The molecule has 18 heavy (non-hydrogen) atoms. The summed E-state index contributed by atoms with van der Waals surface area (Å²) in [4.78, 5) is 14.0. The standard InChI is InChI=1S/C12H19ClN2O3/c1-9(2)15(6-4-5-13)12(16)11-7-10(8-17-3)18-14-11/h7,9H,4-6,8H2,1-3H3. The van der Waals surface area contributed by atoms with Crippen molar-refractivity contribution in [2.24, 2.45) is 0 Å². The zero-order valence-corrected chi connectivity index (χ0v) is 11.7. The normalized spacial score (nSPS) is 10.9. The lowest BCUT2D eigenvalue weighted by molar-refractivity contribution is 0.0695. The fourth-order valence-electron chi connectivity index (χ4n) is 1.60. The van der Waals surface area contributed by atoms with Crippen molar-refractivity contribution in [2.75, 3.05) is 19.5 Å². The van der Waals surface area contributed by atoms with Crippen molar-refractivity contribution in [3.63, 3.8) is 0 Å². The molecule has 1 aromatic rings. The van der Waals surface area contributed by atoms with Crippen LogP contribution in [0.15, 0.2) is 10.6 Å². The molecule has 102 valence electrons. The highest BCUT2D eigenvalue weighted by Crippen LogP contribution is 2.11. The van der Waals surface area contributed by atoms with E-state index in [0.29, 0.717) is 30.5 Å². The summed E-state index contributed by atoms with van der Waals surface area (Å²) in [6.07, 6.45) is 0.758. The zero-order valence-electron chi connectivity index (χ0n) is 11.0. The maximum absolute atomic E-state index is 12.2. The first-order chi connectivity index (χ1) is 8.60. The average Bonchev–Trinajstić information content (AvgIpc) is 2.78. The molecular weight excluding hydrogens is 256 g/mol. The van der Waals surface area contributed by atoms with E-state index in [9.17, 15) is 4.79 Å². The number of hydrogen-bond donors (Lipinski definition) is 0. The highest BCUT2D eigenvalue weighted by atomic mass is 35.5. The Bertz CT molecular complexity index is 379. The number of methoxy groups -OCH3 is 1. The molecule has 5 nitrogen and oxygen atoms in total. The zero-order chi connectivity index (χ0) is 13.5. The van der Waals surface area contributed by atoms with Crippen molar-refractivity contribution in [3.05, 3.63) is 17.5 Å². The quantitative estimate of drug-likeness (QED) is 0.716. The lowest BCUT2D eigenvalue weighted by atomic mass is 10.2. The van der Waals surface area contributed by atoms with Crippen molar-refractivity contribution in [1.29, 1.82) is 0 Å². The van der Waals surface area contributed by atoms with E-state index in [1.54, 1.807) is 18.1 Å². The van der Waals surface area contributed by atoms with Gasteiger partial charge in [0, 0.05) is 31.6 Å². The Morgan fingerprint density at radius 3 is 2.89 bits per heavy atom. The van der Waals surface area contributed by atoms with Crippen molar-refractivity contribution in [2.45, 2.75) is 32.9 Å². The van der Waals surface area contributed by atoms with E-state index < -0.39 is 0 Å². The first-order valence-corrected chi connectivity index (χ1v) is 6.45. The van der Waals surface area contributed by atoms with Gasteiger partial charge in [-0.1, -0.05) is 5.16 Å². The van der Waals surface area contributed by atoms with Crippen LogP contribution in [0.4, 0.5) is 0 Å². The molecule has 0 aromatic carbocycles. The van der Waals surface area contributed by atoms with Crippen LogP contribution in [0.5, 0.6) is 0 Å². The molecule has 0 saturated heterocycles. The molecule has 0 N–H and O–H groups in total. The minimum Gasteiger partial charge on any atom is -0.377 e. The highest BCUT2D eigenvalue weighted by Gasteiger charge is 2.21. The summed E-state index contributed by atoms with van der Waals surface area (Å²) in [6, 6.07) is 1.71. The predicted molar refractivity (Wildman–Crippen MR) is 68.7 cm³/mol. The molecule has 6 heteroatoms. The van der Waals surface area contributed by atoms with Gasteiger partial charge in [-0.05, 0) is 20.3 Å². The summed E-state index contributed by atoms with van der Waals surface area (Å²) in [5.74, 6) is 0.938. The first-order valence-electron chi connectivity index (χ1n) is 5.91. The van der Waals surface area contributed by atoms with Crippen LogP contribution in [0.1, 0.15) is 36.5 Å². The number of alkyl halides is 1. The van der Waals surface area contributed by atoms with E-state index >= 15 is 0 Å². The molecular formula is C12H19ClN2O3. The summed E-state index contributed by atoms with van der Waals surface area (Å²) in [5, 5.41) is 3.77. The van der Waals surface area contributed by atoms with Crippen LogP contribution in [0.2, 0.25) is 0 Å². The number of carbonyl (C=O) groups excluding carboxylic acids is 1. The van der Waals surface area contributed by atoms with Gasteiger partial charge in [0.05, 0.1) is 0 Å². The van der Waals surface area contributed by atoms with Crippen LogP contribution in [-0.4, -0.2) is 41.5 Å². The third-order valence-electron chi connectivity index (χ3n) is 2.48. The molecule has 0 aliphatic heterocycles. The molecule has 0 aliphatic rings. The highest BCUT2D eigenvalue weighted by molar-refractivity contribution is 6.17. The molecule has 0 bridgehead atoms. The monoisotopic (exact) mass is 274 g/mol. The van der Waals surface area contributed by atoms with E-state index in [2.05, 4.69) is 5.16 Å². The van der Waals surface area contributed by atoms with Gasteiger partial charge in [0.1, 0.15) is 6.61 Å². The second-order valence-corrected chi connectivity index (χ2v) is 4.62. The fourth-order valence-corrected chi connectivity index (χ4v) is 1.72. The van der Waals surface area contributed by atoms with Gasteiger partial charge in [0.2, 0.25) is 0 Å². The smallest absolute Gasteiger partial charge is 0.276 e. The van der Waals surface area contributed by atoms with Crippen molar-refractivity contribution >= 4 is 17.5 Å². The number of ether oxygens (including phenoxy) is 1. The van der Waals surface area contributed by atoms with Crippen LogP contribution < -0.4 is 0 Å². The Labute approximate surface area is 112 Å². The first kappa shape index (κ1) is 15.0. The molecule has 1 amide bonds.